The van der Waals surface area contributed by atoms with E-state index in [0.29, 0.717) is 18.0 Å². The molecule has 0 aliphatic carbocycles. The number of benzene rings is 1. The molecule has 1 N–H and O–H groups in total. The number of carbonyl (C=O) groups is 1. The standard InChI is InChI=1S/C16H17Br2NO2S/c1-10(2)21-9-12-6-4-3-5-11(12)8-19-16(20)14-7-13(17)15(18)22-14/h3-7,10H,8-9H2,1-2H3,(H,19,20). The second kappa shape index (κ2) is 8.24. The summed E-state index contributed by atoms with van der Waals surface area (Å²) in [7, 11) is 0. The summed E-state index contributed by atoms with van der Waals surface area (Å²) in [5.74, 6) is -0.0732. The van der Waals surface area contributed by atoms with Crippen molar-refractivity contribution in [3.05, 3.63) is 54.6 Å². The van der Waals surface area contributed by atoms with Gasteiger partial charge in [-0.05, 0) is 62.9 Å². The maximum Gasteiger partial charge on any atom is 0.261 e. The summed E-state index contributed by atoms with van der Waals surface area (Å²) < 4.78 is 7.47. The summed E-state index contributed by atoms with van der Waals surface area (Å²) in [5, 5.41) is 2.96. The van der Waals surface area contributed by atoms with E-state index in [2.05, 4.69) is 37.2 Å². The van der Waals surface area contributed by atoms with Gasteiger partial charge < -0.3 is 10.1 Å². The highest BCUT2D eigenvalue weighted by Gasteiger charge is 2.12. The highest BCUT2D eigenvalue weighted by atomic mass is 79.9. The molecule has 0 spiro atoms. The average Bonchev–Trinajstić information content (AvgIpc) is 2.83. The third kappa shape index (κ3) is 4.91. The first kappa shape index (κ1) is 17.7. The Bertz CT molecular complexity index is 636. The topological polar surface area (TPSA) is 38.3 Å². The van der Waals surface area contributed by atoms with Gasteiger partial charge in [0.05, 0.1) is 21.4 Å². The first-order chi connectivity index (χ1) is 10.5. The minimum atomic E-state index is -0.0732. The fourth-order valence-electron chi connectivity index (χ4n) is 1.85. The maximum atomic E-state index is 12.2. The third-order valence-corrected chi connectivity index (χ3v) is 6.25. The molecule has 1 heterocycles. The van der Waals surface area contributed by atoms with Gasteiger partial charge in [-0.15, -0.1) is 11.3 Å². The first-order valence-electron chi connectivity index (χ1n) is 6.88. The van der Waals surface area contributed by atoms with Gasteiger partial charge in [0.1, 0.15) is 0 Å². The fourth-order valence-corrected chi connectivity index (χ4v) is 3.80. The molecule has 1 amide bonds. The van der Waals surface area contributed by atoms with E-state index in [-0.39, 0.29) is 12.0 Å². The van der Waals surface area contributed by atoms with Gasteiger partial charge in [-0.1, -0.05) is 24.3 Å². The number of nitrogens with one attached hydrogen (secondary N) is 1. The predicted molar refractivity (Wildman–Crippen MR) is 97.3 cm³/mol. The van der Waals surface area contributed by atoms with Crippen LogP contribution >= 0.6 is 43.2 Å². The summed E-state index contributed by atoms with van der Waals surface area (Å²) in [5.41, 5.74) is 2.18. The SMILES string of the molecule is CC(C)OCc1ccccc1CNC(=O)c1cc(Br)c(Br)s1. The number of halogens is 2. The molecular weight excluding hydrogens is 430 g/mol. The zero-order valence-electron chi connectivity index (χ0n) is 12.4. The van der Waals surface area contributed by atoms with Crippen LogP contribution in [-0.4, -0.2) is 12.0 Å². The van der Waals surface area contributed by atoms with Crippen LogP contribution in [0, 0.1) is 0 Å². The molecule has 6 heteroatoms. The summed E-state index contributed by atoms with van der Waals surface area (Å²) in [6.07, 6.45) is 0.184. The number of rotatable bonds is 6. The Hall–Kier alpha value is -0.690. The number of thiophene rings is 1. The van der Waals surface area contributed by atoms with Crippen molar-refractivity contribution in [2.45, 2.75) is 33.1 Å². The number of carbonyl (C=O) groups excluding carboxylic acids is 1. The molecule has 22 heavy (non-hydrogen) atoms. The van der Waals surface area contributed by atoms with Crippen molar-refractivity contribution < 1.29 is 9.53 Å². The van der Waals surface area contributed by atoms with E-state index in [1.807, 2.05) is 44.2 Å². The molecule has 0 aliphatic rings. The van der Waals surface area contributed by atoms with Crippen molar-refractivity contribution in [1.82, 2.24) is 5.32 Å². The molecule has 2 aromatic rings. The summed E-state index contributed by atoms with van der Waals surface area (Å²) >= 11 is 8.20. The van der Waals surface area contributed by atoms with E-state index in [4.69, 9.17) is 4.74 Å². The van der Waals surface area contributed by atoms with Gasteiger partial charge >= 0.3 is 0 Å². The van der Waals surface area contributed by atoms with Crippen LogP contribution in [0.15, 0.2) is 38.6 Å². The van der Waals surface area contributed by atoms with Crippen molar-refractivity contribution in [2.75, 3.05) is 0 Å². The second-order valence-electron chi connectivity index (χ2n) is 5.04. The van der Waals surface area contributed by atoms with Crippen LogP contribution in [0.3, 0.4) is 0 Å². The van der Waals surface area contributed by atoms with Crippen LogP contribution in [0.1, 0.15) is 34.6 Å². The van der Waals surface area contributed by atoms with E-state index in [1.54, 1.807) is 0 Å². The highest BCUT2D eigenvalue weighted by Crippen LogP contribution is 2.32. The lowest BCUT2D eigenvalue weighted by atomic mass is 10.1. The molecule has 118 valence electrons. The van der Waals surface area contributed by atoms with Crippen molar-refractivity contribution in [3.8, 4) is 0 Å². The smallest absolute Gasteiger partial charge is 0.261 e. The molecule has 3 nitrogen and oxygen atoms in total. The van der Waals surface area contributed by atoms with Gasteiger partial charge in [0.2, 0.25) is 0 Å². The van der Waals surface area contributed by atoms with Gasteiger partial charge in [-0.25, -0.2) is 0 Å². The molecule has 0 saturated carbocycles. The van der Waals surface area contributed by atoms with E-state index >= 15 is 0 Å². The zero-order chi connectivity index (χ0) is 16.1. The Morgan fingerprint density at radius 1 is 1.27 bits per heavy atom. The zero-order valence-corrected chi connectivity index (χ0v) is 16.3. The highest BCUT2D eigenvalue weighted by molar-refractivity contribution is 9.13. The average molecular weight is 447 g/mol. The molecular formula is C16H17Br2NO2S. The van der Waals surface area contributed by atoms with Gasteiger partial charge in [0, 0.05) is 11.0 Å². The summed E-state index contributed by atoms with van der Waals surface area (Å²) in [4.78, 5) is 12.9. The lowest BCUT2D eigenvalue weighted by Gasteiger charge is -2.12. The van der Waals surface area contributed by atoms with Crippen molar-refractivity contribution in [2.24, 2.45) is 0 Å². The van der Waals surface area contributed by atoms with Crippen LogP contribution in [0.5, 0.6) is 0 Å². The normalized spacial score (nSPS) is 11.0. The summed E-state index contributed by atoms with van der Waals surface area (Å²) in [6.45, 7) is 5.07. The molecule has 0 aliphatic heterocycles. The van der Waals surface area contributed by atoms with Crippen molar-refractivity contribution in [1.29, 1.82) is 0 Å². The Morgan fingerprint density at radius 2 is 1.95 bits per heavy atom. The van der Waals surface area contributed by atoms with Crippen molar-refractivity contribution in [3.63, 3.8) is 0 Å². The number of ether oxygens (including phenoxy) is 1. The molecule has 0 fully saturated rings. The Kier molecular flexibility index (Phi) is 6.62. The van der Waals surface area contributed by atoms with Gasteiger partial charge in [0.25, 0.3) is 5.91 Å². The minimum absolute atomic E-state index is 0.0732. The number of amides is 1. The van der Waals surface area contributed by atoms with E-state index in [1.165, 1.54) is 11.3 Å². The van der Waals surface area contributed by atoms with Gasteiger partial charge in [0.15, 0.2) is 0 Å². The van der Waals surface area contributed by atoms with Crippen LogP contribution in [0.25, 0.3) is 0 Å². The molecule has 0 saturated heterocycles. The molecule has 1 aromatic heterocycles. The lowest BCUT2D eigenvalue weighted by Crippen LogP contribution is -2.22. The van der Waals surface area contributed by atoms with E-state index in [0.717, 1.165) is 19.4 Å². The quantitative estimate of drug-likeness (QED) is 0.667. The van der Waals surface area contributed by atoms with Crippen LogP contribution in [-0.2, 0) is 17.9 Å². The Morgan fingerprint density at radius 3 is 2.55 bits per heavy atom. The fraction of sp³-hybridized carbons (Fsp3) is 0.312. The van der Waals surface area contributed by atoms with E-state index in [9.17, 15) is 4.79 Å². The molecule has 0 atom stereocenters. The Labute approximate surface area is 151 Å². The van der Waals surface area contributed by atoms with Gasteiger partial charge in [-0.3, -0.25) is 4.79 Å². The predicted octanol–water partition coefficient (Wildman–Crippen LogP) is 5.13. The van der Waals surface area contributed by atoms with Crippen LogP contribution in [0.2, 0.25) is 0 Å². The molecule has 2 rings (SSSR count). The molecule has 0 bridgehead atoms. The molecule has 0 unspecified atom stereocenters. The number of hydrogen-bond donors (Lipinski definition) is 1. The molecule has 1 aromatic carbocycles. The largest absolute Gasteiger partial charge is 0.374 e. The molecule has 0 radical (unpaired) electrons. The Balaban J connectivity index is 2.00. The number of hydrogen-bond acceptors (Lipinski definition) is 3. The monoisotopic (exact) mass is 445 g/mol. The second-order valence-corrected chi connectivity index (χ2v) is 8.27. The first-order valence-corrected chi connectivity index (χ1v) is 9.29. The summed E-state index contributed by atoms with van der Waals surface area (Å²) in [6, 6.07) is 9.82. The van der Waals surface area contributed by atoms with Crippen LogP contribution in [0.4, 0.5) is 0 Å². The lowest BCUT2D eigenvalue weighted by molar-refractivity contribution is 0.0651. The van der Waals surface area contributed by atoms with Crippen molar-refractivity contribution >= 4 is 49.1 Å². The van der Waals surface area contributed by atoms with E-state index < -0.39 is 0 Å². The van der Waals surface area contributed by atoms with Crippen LogP contribution < -0.4 is 5.32 Å². The van der Waals surface area contributed by atoms with Gasteiger partial charge in [-0.2, -0.15) is 0 Å². The minimum Gasteiger partial charge on any atom is -0.374 e. The maximum absolute atomic E-state index is 12.2. The third-order valence-electron chi connectivity index (χ3n) is 3.00.